The third-order valence-electron chi connectivity index (χ3n) is 3.20. The Balaban J connectivity index is 2.27. The van der Waals surface area contributed by atoms with Gasteiger partial charge >= 0.3 is 0 Å². The number of nitrogens with zero attached hydrogens (tertiary/aromatic N) is 1. The summed E-state index contributed by atoms with van der Waals surface area (Å²) in [4.78, 5) is 5.54. The topological polar surface area (TPSA) is 43.4 Å². The molecule has 0 aliphatic rings. The highest BCUT2D eigenvalue weighted by Crippen LogP contribution is 2.34. The predicted molar refractivity (Wildman–Crippen MR) is 83.2 cm³/mol. The Morgan fingerprint density at radius 1 is 1.15 bits per heavy atom. The summed E-state index contributed by atoms with van der Waals surface area (Å²) in [5, 5.41) is 4.35. The van der Waals surface area contributed by atoms with Crippen molar-refractivity contribution >= 4 is 16.5 Å². The highest BCUT2D eigenvalue weighted by molar-refractivity contribution is 7.15. The van der Waals surface area contributed by atoms with Crippen LogP contribution in [-0.4, -0.2) is 19.2 Å². The number of aromatic nitrogens is 1. The number of hydrogen-bond acceptors (Lipinski definition) is 5. The van der Waals surface area contributed by atoms with Gasteiger partial charge in [-0.2, -0.15) is 0 Å². The number of methoxy groups -OCH3 is 2. The molecule has 0 radical (unpaired) electrons. The second-order valence-electron chi connectivity index (χ2n) is 4.71. The van der Waals surface area contributed by atoms with Crippen LogP contribution < -0.4 is 14.8 Å². The van der Waals surface area contributed by atoms with E-state index in [1.165, 1.54) is 10.4 Å². The summed E-state index contributed by atoms with van der Waals surface area (Å²) in [7, 11) is 3.30. The van der Waals surface area contributed by atoms with Gasteiger partial charge in [0.15, 0.2) is 16.6 Å². The van der Waals surface area contributed by atoms with E-state index in [1.807, 2.05) is 18.3 Å². The summed E-state index contributed by atoms with van der Waals surface area (Å²) in [6.45, 7) is 6.24. The summed E-state index contributed by atoms with van der Waals surface area (Å²) in [5.41, 5.74) is 2.34. The van der Waals surface area contributed by atoms with Gasteiger partial charge in [0.25, 0.3) is 0 Å². The summed E-state index contributed by atoms with van der Waals surface area (Å²) >= 11 is 1.66. The van der Waals surface area contributed by atoms with Gasteiger partial charge in [0.05, 0.1) is 20.3 Å². The Morgan fingerprint density at radius 3 is 2.35 bits per heavy atom. The molecule has 0 saturated carbocycles. The minimum Gasteiger partial charge on any atom is -0.493 e. The standard InChI is InChI=1S/C15H20N2O2S/c1-9-6-13(18-4)14(19-5)7-12(9)11(3)17-15-16-8-10(2)20-15/h6-8,11H,1-5H3,(H,16,17). The fraction of sp³-hybridized carbons (Fsp3) is 0.400. The maximum absolute atomic E-state index is 5.37. The van der Waals surface area contributed by atoms with Crippen molar-refractivity contribution in [1.29, 1.82) is 0 Å². The van der Waals surface area contributed by atoms with Crippen molar-refractivity contribution in [2.24, 2.45) is 0 Å². The van der Waals surface area contributed by atoms with Crippen molar-refractivity contribution in [3.05, 3.63) is 34.3 Å². The molecule has 2 rings (SSSR count). The van der Waals surface area contributed by atoms with E-state index in [0.717, 1.165) is 22.2 Å². The molecule has 0 aliphatic heterocycles. The van der Waals surface area contributed by atoms with Crippen LogP contribution in [0.25, 0.3) is 0 Å². The highest BCUT2D eigenvalue weighted by atomic mass is 32.1. The van der Waals surface area contributed by atoms with Crippen molar-refractivity contribution in [2.75, 3.05) is 19.5 Å². The summed E-state index contributed by atoms with van der Waals surface area (Å²) in [6, 6.07) is 4.17. The van der Waals surface area contributed by atoms with Gasteiger partial charge in [-0.15, -0.1) is 11.3 Å². The molecule has 1 aromatic carbocycles. The van der Waals surface area contributed by atoms with Gasteiger partial charge in [-0.3, -0.25) is 0 Å². The van der Waals surface area contributed by atoms with E-state index in [0.29, 0.717) is 0 Å². The number of ether oxygens (including phenoxy) is 2. The SMILES string of the molecule is COc1cc(C)c(C(C)Nc2ncc(C)s2)cc1OC. The zero-order valence-corrected chi connectivity index (χ0v) is 13.3. The largest absolute Gasteiger partial charge is 0.493 e. The molecular formula is C15H20N2O2S. The molecule has 0 fully saturated rings. The normalized spacial score (nSPS) is 12.1. The number of benzene rings is 1. The lowest BCUT2D eigenvalue weighted by Gasteiger charge is -2.18. The van der Waals surface area contributed by atoms with E-state index in [1.54, 1.807) is 25.6 Å². The van der Waals surface area contributed by atoms with E-state index in [-0.39, 0.29) is 6.04 Å². The van der Waals surface area contributed by atoms with Gasteiger partial charge < -0.3 is 14.8 Å². The molecule has 20 heavy (non-hydrogen) atoms. The van der Waals surface area contributed by atoms with Crippen LogP contribution in [0.15, 0.2) is 18.3 Å². The average Bonchev–Trinajstić information content (AvgIpc) is 2.83. The van der Waals surface area contributed by atoms with Crippen molar-refractivity contribution in [3.63, 3.8) is 0 Å². The molecule has 1 aromatic heterocycles. The van der Waals surface area contributed by atoms with Crippen molar-refractivity contribution in [2.45, 2.75) is 26.8 Å². The molecule has 1 unspecified atom stereocenters. The van der Waals surface area contributed by atoms with E-state index >= 15 is 0 Å². The minimum atomic E-state index is 0.153. The molecule has 0 bridgehead atoms. The number of rotatable bonds is 5. The second kappa shape index (κ2) is 6.13. The van der Waals surface area contributed by atoms with E-state index in [9.17, 15) is 0 Å². The molecular weight excluding hydrogens is 272 g/mol. The fourth-order valence-electron chi connectivity index (χ4n) is 2.15. The molecule has 1 atom stereocenters. The highest BCUT2D eigenvalue weighted by Gasteiger charge is 2.14. The van der Waals surface area contributed by atoms with E-state index in [2.05, 4.69) is 31.1 Å². The first-order valence-corrected chi connectivity index (χ1v) is 7.28. The first-order valence-electron chi connectivity index (χ1n) is 6.46. The maximum Gasteiger partial charge on any atom is 0.183 e. The quantitative estimate of drug-likeness (QED) is 0.906. The fourth-order valence-corrected chi connectivity index (χ4v) is 2.90. The smallest absolute Gasteiger partial charge is 0.183 e. The third kappa shape index (κ3) is 3.04. The number of thiazole rings is 1. The maximum atomic E-state index is 5.37. The average molecular weight is 292 g/mol. The van der Waals surface area contributed by atoms with Gasteiger partial charge in [-0.05, 0) is 44.0 Å². The minimum absolute atomic E-state index is 0.153. The lowest BCUT2D eigenvalue weighted by Crippen LogP contribution is -2.08. The van der Waals surface area contributed by atoms with Crippen LogP contribution in [0.3, 0.4) is 0 Å². The molecule has 2 aromatic rings. The van der Waals surface area contributed by atoms with Crippen LogP contribution in [-0.2, 0) is 0 Å². The number of nitrogens with one attached hydrogen (secondary N) is 1. The van der Waals surface area contributed by atoms with Crippen LogP contribution in [0.1, 0.15) is 29.0 Å². The van der Waals surface area contributed by atoms with E-state index in [4.69, 9.17) is 9.47 Å². The monoisotopic (exact) mass is 292 g/mol. The molecule has 0 spiro atoms. The predicted octanol–water partition coefficient (Wildman–Crippen LogP) is 3.95. The van der Waals surface area contributed by atoms with Gasteiger partial charge in [-0.25, -0.2) is 4.98 Å². The molecule has 1 N–H and O–H groups in total. The molecule has 5 heteroatoms. The lowest BCUT2D eigenvalue weighted by molar-refractivity contribution is 0.354. The van der Waals surface area contributed by atoms with Crippen molar-refractivity contribution in [3.8, 4) is 11.5 Å². The Kier molecular flexibility index (Phi) is 4.49. The second-order valence-corrected chi connectivity index (χ2v) is 5.94. The van der Waals surface area contributed by atoms with Gasteiger partial charge in [0, 0.05) is 11.1 Å². The third-order valence-corrected chi connectivity index (χ3v) is 4.04. The molecule has 108 valence electrons. The Labute approximate surface area is 123 Å². The summed E-state index contributed by atoms with van der Waals surface area (Å²) in [5.74, 6) is 1.50. The van der Waals surface area contributed by atoms with Crippen LogP contribution in [0.2, 0.25) is 0 Å². The molecule has 0 aliphatic carbocycles. The molecule has 1 heterocycles. The molecule has 4 nitrogen and oxygen atoms in total. The number of anilines is 1. The van der Waals surface area contributed by atoms with Gasteiger partial charge in [0.2, 0.25) is 0 Å². The Bertz CT molecular complexity index is 596. The number of hydrogen-bond donors (Lipinski definition) is 1. The van der Waals surface area contributed by atoms with Crippen LogP contribution in [0.5, 0.6) is 11.5 Å². The summed E-state index contributed by atoms with van der Waals surface area (Å²) < 4.78 is 10.7. The lowest BCUT2D eigenvalue weighted by atomic mass is 10.0. The molecule has 0 amide bonds. The zero-order chi connectivity index (χ0) is 14.7. The van der Waals surface area contributed by atoms with Crippen LogP contribution >= 0.6 is 11.3 Å². The van der Waals surface area contributed by atoms with Crippen molar-refractivity contribution < 1.29 is 9.47 Å². The van der Waals surface area contributed by atoms with Crippen LogP contribution in [0.4, 0.5) is 5.13 Å². The van der Waals surface area contributed by atoms with Crippen LogP contribution in [0, 0.1) is 13.8 Å². The molecule has 0 saturated heterocycles. The Morgan fingerprint density at radius 2 is 1.80 bits per heavy atom. The first-order chi connectivity index (χ1) is 9.55. The zero-order valence-electron chi connectivity index (χ0n) is 12.5. The van der Waals surface area contributed by atoms with Crippen molar-refractivity contribution in [1.82, 2.24) is 4.98 Å². The van der Waals surface area contributed by atoms with Gasteiger partial charge in [0.1, 0.15) is 0 Å². The number of aryl methyl sites for hydroxylation is 2. The Hall–Kier alpha value is -1.75. The summed E-state index contributed by atoms with van der Waals surface area (Å²) in [6.07, 6.45) is 1.88. The van der Waals surface area contributed by atoms with Gasteiger partial charge in [-0.1, -0.05) is 0 Å². The van der Waals surface area contributed by atoms with E-state index < -0.39 is 0 Å². The first kappa shape index (κ1) is 14.7.